The van der Waals surface area contributed by atoms with E-state index < -0.39 is 47.5 Å². The third kappa shape index (κ3) is 12.5. The quantitative estimate of drug-likeness (QED) is 0.104. The van der Waals surface area contributed by atoms with Gasteiger partial charge in [-0.05, 0) is 92.1 Å². The fourth-order valence-electron chi connectivity index (χ4n) is 6.82. The number of carboxylic acids is 2. The Morgan fingerprint density at radius 3 is 1.93 bits per heavy atom. The van der Waals surface area contributed by atoms with Gasteiger partial charge in [-0.25, -0.2) is 18.4 Å². The third-order valence-corrected chi connectivity index (χ3v) is 10.3. The van der Waals surface area contributed by atoms with Gasteiger partial charge < -0.3 is 34.8 Å². The number of halogens is 5. The lowest BCUT2D eigenvalue weighted by Gasteiger charge is -2.29. The van der Waals surface area contributed by atoms with Crippen molar-refractivity contribution in [3.05, 3.63) is 128 Å². The Hall–Kier alpha value is -5.45. The Bertz CT molecular complexity index is 2100. The standard InChI is InChI=1S/C39H42F5N3O2.C4H6O6/c1-3-45(4-2)22-23-46(25-27-12-14-28(15-13-27)29-16-19-31(20-17-29)39(42,43)44)37(49)26-47-32(21-18-30-8-7-10-34(40)38(30)41)24-36(48)33-9-5-6-11-35(33)47;5-1(3(7)8)2(6)4(9)10/h7-8,10,12-17,19-20,24H,3-6,9,11,18,21-23,25-26H2,1-2H3;1-2,5-6H,(H,7,8)(H,9,10). The zero-order valence-electron chi connectivity index (χ0n) is 32.7. The highest BCUT2D eigenvalue weighted by molar-refractivity contribution is 5.83. The normalized spacial score (nSPS) is 13.5. The van der Waals surface area contributed by atoms with E-state index in [-0.39, 0.29) is 36.3 Å². The van der Waals surface area contributed by atoms with E-state index in [0.717, 1.165) is 61.0 Å². The molecule has 4 N–H and O–H groups in total. The number of benzene rings is 3. The number of pyridine rings is 1. The molecule has 2 unspecified atom stereocenters. The summed E-state index contributed by atoms with van der Waals surface area (Å²) in [5.74, 6) is -5.50. The minimum Gasteiger partial charge on any atom is -0.479 e. The number of alkyl halides is 3. The van der Waals surface area contributed by atoms with Crippen molar-refractivity contribution < 1.29 is 56.8 Å². The van der Waals surface area contributed by atoms with Crippen molar-refractivity contribution in [2.24, 2.45) is 0 Å². The van der Waals surface area contributed by atoms with Gasteiger partial charge in [-0.15, -0.1) is 0 Å². The summed E-state index contributed by atoms with van der Waals surface area (Å²) >= 11 is 0. The number of nitrogens with zero attached hydrogens (tertiary/aromatic N) is 3. The average Bonchev–Trinajstić information content (AvgIpc) is 3.22. The monoisotopic (exact) mass is 829 g/mol. The first-order valence-electron chi connectivity index (χ1n) is 19.2. The predicted octanol–water partition coefficient (Wildman–Crippen LogP) is 5.72. The highest BCUT2D eigenvalue weighted by atomic mass is 19.4. The molecule has 0 bridgehead atoms. The molecular weight excluding hydrogens is 781 g/mol. The van der Waals surface area contributed by atoms with Gasteiger partial charge in [0.25, 0.3) is 0 Å². The number of hydrogen-bond acceptors (Lipinski definition) is 7. The molecule has 4 aromatic rings. The second kappa shape index (κ2) is 21.0. The van der Waals surface area contributed by atoms with Crippen LogP contribution in [0.15, 0.2) is 77.6 Å². The van der Waals surface area contributed by atoms with Crippen LogP contribution in [0.4, 0.5) is 22.0 Å². The number of carbonyl (C=O) groups excluding carboxylic acids is 1. The molecule has 5 rings (SSSR count). The summed E-state index contributed by atoms with van der Waals surface area (Å²) < 4.78 is 69.5. The van der Waals surface area contributed by atoms with E-state index in [2.05, 4.69) is 18.7 Å². The zero-order chi connectivity index (χ0) is 43.4. The molecule has 0 fully saturated rings. The molecule has 2 atom stereocenters. The number of amides is 1. The fourth-order valence-corrected chi connectivity index (χ4v) is 6.82. The maximum absolute atomic E-state index is 14.5. The maximum atomic E-state index is 14.5. The van der Waals surface area contributed by atoms with Crippen LogP contribution in [0.25, 0.3) is 11.1 Å². The molecular formula is C43H48F5N3O8. The van der Waals surface area contributed by atoms with E-state index >= 15 is 0 Å². The Labute approximate surface area is 338 Å². The second-order valence-electron chi connectivity index (χ2n) is 14.1. The van der Waals surface area contributed by atoms with Crippen molar-refractivity contribution in [1.29, 1.82) is 0 Å². The Morgan fingerprint density at radius 1 is 0.797 bits per heavy atom. The highest BCUT2D eigenvalue weighted by Crippen LogP contribution is 2.31. The van der Waals surface area contributed by atoms with Gasteiger partial charge in [0.15, 0.2) is 29.3 Å². The van der Waals surface area contributed by atoms with Gasteiger partial charge in [0, 0.05) is 42.7 Å². The molecule has 0 radical (unpaired) electrons. The third-order valence-electron chi connectivity index (χ3n) is 10.3. The van der Waals surface area contributed by atoms with Crippen LogP contribution in [-0.4, -0.2) is 91.0 Å². The van der Waals surface area contributed by atoms with Crippen LogP contribution >= 0.6 is 0 Å². The van der Waals surface area contributed by atoms with Crippen LogP contribution in [0.2, 0.25) is 0 Å². The number of hydrogen-bond donors (Lipinski definition) is 4. The summed E-state index contributed by atoms with van der Waals surface area (Å²) in [6.45, 7) is 7.24. The number of aliphatic carboxylic acids is 2. The Kier molecular flexibility index (Phi) is 16.5. The minimum atomic E-state index is -4.40. The minimum absolute atomic E-state index is 0.00542. The molecule has 16 heteroatoms. The summed E-state index contributed by atoms with van der Waals surface area (Å²) in [4.78, 5) is 51.0. The summed E-state index contributed by atoms with van der Waals surface area (Å²) in [7, 11) is 0. The molecule has 1 aliphatic rings. The van der Waals surface area contributed by atoms with Gasteiger partial charge in [0.1, 0.15) is 6.54 Å². The summed E-state index contributed by atoms with van der Waals surface area (Å²) in [6.07, 6.45) is -5.42. The van der Waals surface area contributed by atoms with Crippen LogP contribution in [0.1, 0.15) is 60.3 Å². The van der Waals surface area contributed by atoms with Gasteiger partial charge >= 0.3 is 18.1 Å². The maximum Gasteiger partial charge on any atom is 0.416 e. The smallest absolute Gasteiger partial charge is 0.416 e. The molecule has 0 saturated heterocycles. The van der Waals surface area contributed by atoms with E-state index in [0.29, 0.717) is 49.3 Å². The molecule has 0 spiro atoms. The lowest BCUT2D eigenvalue weighted by Crippen LogP contribution is -2.41. The van der Waals surface area contributed by atoms with Crippen molar-refractivity contribution in [2.75, 3.05) is 26.2 Å². The second-order valence-corrected chi connectivity index (χ2v) is 14.1. The first-order valence-corrected chi connectivity index (χ1v) is 19.2. The number of aliphatic hydroxyl groups is 2. The lowest BCUT2D eigenvalue weighted by atomic mass is 9.94. The molecule has 11 nitrogen and oxygen atoms in total. The number of aromatic nitrogens is 1. The first-order chi connectivity index (χ1) is 27.9. The number of carboxylic acid groups (broad SMARTS) is 2. The van der Waals surface area contributed by atoms with Gasteiger partial charge in [0.05, 0.1) is 5.56 Å². The van der Waals surface area contributed by atoms with E-state index in [1.54, 1.807) is 11.0 Å². The highest BCUT2D eigenvalue weighted by Gasteiger charge is 2.31. The number of aryl methyl sites for hydroxylation is 2. The SMILES string of the molecule is CCN(CC)CCN(Cc1ccc(-c2ccc(C(F)(F)F)cc2)cc1)C(=O)Cn1c(CCc2cccc(F)c2F)cc(=O)c2c1CCCC2.O=C(O)C(O)C(O)C(=O)O. The van der Waals surface area contributed by atoms with Crippen LogP contribution in [0, 0.1) is 11.6 Å². The lowest BCUT2D eigenvalue weighted by molar-refractivity contribution is -0.165. The van der Waals surface area contributed by atoms with Crippen molar-refractivity contribution in [1.82, 2.24) is 14.4 Å². The zero-order valence-corrected chi connectivity index (χ0v) is 32.7. The van der Waals surface area contributed by atoms with Crippen LogP contribution < -0.4 is 5.43 Å². The van der Waals surface area contributed by atoms with E-state index in [1.807, 2.05) is 28.8 Å². The number of aliphatic hydroxyl groups excluding tert-OH is 2. The fraction of sp³-hybridized carbons (Fsp3) is 0.395. The van der Waals surface area contributed by atoms with E-state index in [9.17, 15) is 41.1 Å². The van der Waals surface area contributed by atoms with Crippen molar-refractivity contribution in [3.8, 4) is 11.1 Å². The van der Waals surface area contributed by atoms with E-state index in [1.165, 1.54) is 24.3 Å². The number of carbonyl (C=O) groups is 3. The number of rotatable bonds is 16. The summed E-state index contributed by atoms with van der Waals surface area (Å²) in [6, 6.07) is 18.1. The number of likely N-dealkylation sites (N-methyl/N-ethyl adjacent to an activating group) is 1. The van der Waals surface area contributed by atoms with Gasteiger partial charge in [-0.2, -0.15) is 13.2 Å². The molecule has 1 aromatic heterocycles. The largest absolute Gasteiger partial charge is 0.479 e. The predicted molar refractivity (Wildman–Crippen MR) is 208 cm³/mol. The molecule has 0 saturated carbocycles. The van der Waals surface area contributed by atoms with Crippen molar-refractivity contribution in [2.45, 2.75) is 83.8 Å². The topological polar surface area (TPSA) is 161 Å². The average molecular weight is 830 g/mol. The van der Waals surface area contributed by atoms with Crippen molar-refractivity contribution >= 4 is 17.8 Å². The summed E-state index contributed by atoms with van der Waals surface area (Å²) in [5.41, 5.74) is 3.88. The Balaban J connectivity index is 0.000000680. The van der Waals surface area contributed by atoms with Crippen LogP contribution in [-0.2, 0) is 59.3 Å². The Morgan fingerprint density at radius 2 is 1.37 bits per heavy atom. The molecule has 59 heavy (non-hydrogen) atoms. The molecule has 0 aliphatic heterocycles. The molecule has 1 amide bonds. The molecule has 318 valence electrons. The summed E-state index contributed by atoms with van der Waals surface area (Å²) in [5, 5.41) is 32.5. The van der Waals surface area contributed by atoms with Gasteiger partial charge in [0.2, 0.25) is 5.91 Å². The molecule has 1 aliphatic carbocycles. The molecule has 1 heterocycles. The van der Waals surface area contributed by atoms with Crippen LogP contribution in [0.3, 0.4) is 0 Å². The van der Waals surface area contributed by atoms with Gasteiger partial charge in [-0.3, -0.25) is 9.59 Å². The van der Waals surface area contributed by atoms with E-state index in [4.69, 9.17) is 20.4 Å². The van der Waals surface area contributed by atoms with Crippen molar-refractivity contribution in [3.63, 3.8) is 0 Å². The first kappa shape index (κ1) is 46.2. The van der Waals surface area contributed by atoms with Crippen LogP contribution in [0.5, 0.6) is 0 Å². The number of fused-ring (bicyclic) bond motifs is 1. The molecule has 3 aromatic carbocycles. The van der Waals surface area contributed by atoms with Gasteiger partial charge in [-0.1, -0.05) is 62.4 Å².